The van der Waals surface area contributed by atoms with Crippen LogP contribution in [0.1, 0.15) is 75.9 Å². The van der Waals surface area contributed by atoms with E-state index >= 15 is 0 Å². The summed E-state index contributed by atoms with van der Waals surface area (Å²) >= 11 is 1.87. The lowest BCUT2D eigenvalue weighted by Gasteiger charge is -2.37. The van der Waals surface area contributed by atoms with Crippen LogP contribution in [0.2, 0.25) is 0 Å². The number of aryl methyl sites for hydroxylation is 1. The molecule has 0 spiro atoms. The average Bonchev–Trinajstić information content (AvgIpc) is 3.36. The fourth-order valence-electron chi connectivity index (χ4n) is 4.14. The minimum absolute atomic E-state index is 0.130. The van der Waals surface area contributed by atoms with E-state index in [0.29, 0.717) is 6.42 Å². The van der Waals surface area contributed by atoms with E-state index in [1.807, 2.05) is 11.3 Å². The van der Waals surface area contributed by atoms with Crippen LogP contribution in [0.25, 0.3) is 0 Å². The number of thiazole rings is 1. The molecule has 0 unspecified atom stereocenters. The number of hydrogen-bond acceptors (Lipinski definition) is 4. The Hall–Kier alpha value is -1.88. The summed E-state index contributed by atoms with van der Waals surface area (Å²) in [6.45, 7) is 10.4. The quantitative estimate of drug-likeness (QED) is 0.601. The van der Waals surface area contributed by atoms with Gasteiger partial charge in [-0.05, 0) is 55.7 Å². The zero-order valence-electron chi connectivity index (χ0n) is 18.0. The molecule has 1 fully saturated rings. The van der Waals surface area contributed by atoms with Crippen molar-refractivity contribution in [3.8, 4) is 0 Å². The van der Waals surface area contributed by atoms with Crippen molar-refractivity contribution in [1.82, 2.24) is 4.98 Å². The van der Waals surface area contributed by atoms with Crippen molar-refractivity contribution in [3.63, 3.8) is 0 Å². The standard InChI is InChI=1S/C24H32N2O2S/c1-23(2)13-14-24(3,4)21-20(23)25-22(29-21)26(15-17-5-6-17)18-10-7-16(8-11-18)9-12-19(27)28/h7-8,10-11,17H,5-6,9,12-15H2,1-4H3,(H,27,28). The summed E-state index contributed by atoms with van der Waals surface area (Å²) < 4.78 is 0. The fourth-order valence-corrected chi connectivity index (χ4v) is 5.55. The number of nitrogens with zero attached hydrogens (tertiary/aromatic N) is 2. The molecule has 1 aromatic heterocycles. The maximum atomic E-state index is 10.8. The molecule has 29 heavy (non-hydrogen) atoms. The molecule has 4 nitrogen and oxygen atoms in total. The largest absolute Gasteiger partial charge is 0.481 e. The second-order valence-corrected chi connectivity index (χ2v) is 11.0. The first-order valence-electron chi connectivity index (χ1n) is 10.8. The Balaban J connectivity index is 1.66. The lowest BCUT2D eigenvalue weighted by atomic mass is 9.69. The smallest absolute Gasteiger partial charge is 0.303 e. The molecule has 1 aromatic carbocycles. The van der Waals surface area contributed by atoms with Gasteiger partial charge in [-0.1, -0.05) is 39.8 Å². The molecule has 0 saturated heterocycles. The number of anilines is 2. The molecule has 0 atom stereocenters. The number of aromatic nitrogens is 1. The summed E-state index contributed by atoms with van der Waals surface area (Å²) in [4.78, 5) is 19.9. The molecule has 0 bridgehead atoms. The van der Waals surface area contributed by atoms with Gasteiger partial charge in [0, 0.05) is 34.4 Å². The highest BCUT2D eigenvalue weighted by molar-refractivity contribution is 7.16. The van der Waals surface area contributed by atoms with Crippen LogP contribution in [0.15, 0.2) is 24.3 Å². The summed E-state index contributed by atoms with van der Waals surface area (Å²) in [5.41, 5.74) is 3.84. The first-order valence-corrected chi connectivity index (χ1v) is 11.6. The highest BCUT2D eigenvalue weighted by Crippen LogP contribution is 2.50. The van der Waals surface area contributed by atoms with Crippen molar-refractivity contribution in [2.45, 2.75) is 77.0 Å². The van der Waals surface area contributed by atoms with Crippen LogP contribution in [0.4, 0.5) is 10.8 Å². The number of benzene rings is 1. The van der Waals surface area contributed by atoms with Gasteiger partial charge in [-0.15, -0.1) is 11.3 Å². The van der Waals surface area contributed by atoms with Gasteiger partial charge in [0.1, 0.15) is 0 Å². The molecule has 2 aromatic rings. The van der Waals surface area contributed by atoms with Crippen LogP contribution in [0.3, 0.4) is 0 Å². The third kappa shape index (κ3) is 4.35. The van der Waals surface area contributed by atoms with Gasteiger partial charge in [-0.2, -0.15) is 0 Å². The minimum Gasteiger partial charge on any atom is -0.481 e. The third-order valence-electron chi connectivity index (χ3n) is 6.49. The number of aliphatic carboxylic acids is 1. The number of carboxylic acids is 1. The fraction of sp³-hybridized carbons (Fsp3) is 0.583. The second kappa shape index (κ2) is 7.42. The summed E-state index contributed by atoms with van der Waals surface area (Å²) in [6.07, 6.45) is 5.73. The number of rotatable bonds is 7. The van der Waals surface area contributed by atoms with Gasteiger partial charge in [-0.3, -0.25) is 4.79 Å². The van der Waals surface area contributed by atoms with Crippen molar-refractivity contribution in [1.29, 1.82) is 0 Å². The van der Waals surface area contributed by atoms with Gasteiger partial charge in [0.05, 0.1) is 5.69 Å². The zero-order valence-corrected chi connectivity index (χ0v) is 18.8. The Morgan fingerprint density at radius 2 is 1.79 bits per heavy atom. The lowest BCUT2D eigenvalue weighted by Crippen LogP contribution is -2.32. The van der Waals surface area contributed by atoms with E-state index < -0.39 is 5.97 Å². The Morgan fingerprint density at radius 1 is 1.14 bits per heavy atom. The van der Waals surface area contributed by atoms with Gasteiger partial charge in [0.15, 0.2) is 5.13 Å². The average molecular weight is 413 g/mol. The van der Waals surface area contributed by atoms with E-state index in [9.17, 15) is 4.79 Å². The van der Waals surface area contributed by atoms with Crippen molar-refractivity contribution in [2.75, 3.05) is 11.4 Å². The van der Waals surface area contributed by atoms with E-state index in [1.54, 1.807) is 0 Å². The molecule has 4 rings (SSSR count). The lowest BCUT2D eigenvalue weighted by molar-refractivity contribution is -0.136. The number of carboxylic acid groups (broad SMARTS) is 1. The highest BCUT2D eigenvalue weighted by Gasteiger charge is 2.41. The van der Waals surface area contributed by atoms with Crippen molar-refractivity contribution < 1.29 is 9.90 Å². The molecule has 2 aliphatic rings. The van der Waals surface area contributed by atoms with Crippen molar-refractivity contribution >= 4 is 28.1 Å². The molecule has 1 heterocycles. The Labute approximate surface area is 178 Å². The highest BCUT2D eigenvalue weighted by atomic mass is 32.1. The maximum absolute atomic E-state index is 10.8. The predicted octanol–water partition coefficient (Wildman–Crippen LogP) is 6.06. The van der Waals surface area contributed by atoms with Crippen molar-refractivity contribution in [3.05, 3.63) is 40.4 Å². The zero-order chi connectivity index (χ0) is 20.8. The Bertz CT molecular complexity index is 861. The number of carbonyl (C=O) groups is 1. The Morgan fingerprint density at radius 3 is 2.38 bits per heavy atom. The van der Waals surface area contributed by atoms with E-state index in [4.69, 9.17) is 10.1 Å². The number of hydrogen-bond donors (Lipinski definition) is 1. The van der Waals surface area contributed by atoms with Gasteiger partial charge >= 0.3 is 5.97 Å². The molecule has 5 heteroatoms. The first-order chi connectivity index (χ1) is 13.7. The van der Waals surface area contributed by atoms with E-state index in [-0.39, 0.29) is 17.3 Å². The topological polar surface area (TPSA) is 53.4 Å². The van der Waals surface area contributed by atoms with Crippen molar-refractivity contribution in [2.24, 2.45) is 5.92 Å². The van der Waals surface area contributed by atoms with E-state index in [2.05, 4.69) is 56.9 Å². The van der Waals surface area contributed by atoms with Crippen LogP contribution in [0, 0.1) is 5.92 Å². The van der Waals surface area contributed by atoms with Gasteiger partial charge < -0.3 is 10.0 Å². The van der Waals surface area contributed by atoms with Crippen LogP contribution in [-0.2, 0) is 22.0 Å². The molecule has 0 radical (unpaired) electrons. The van der Waals surface area contributed by atoms with Crippen LogP contribution >= 0.6 is 11.3 Å². The van der Waals surface area contributed by atoms with E-state index in [1.165, 1.54) is 36.3 Å². The maximum Gasteiger partial charge on any atom is 0.303 e. The molecular formula is C24H32N2O2S. The molecule has 1 saturated carbocycles. The summed E-state index contributed by atoms with van der Waals surface area (Å²) in [5.74, 6) is 0.00617. The monoisotopic (exact) mass is 412 g/mol. The molecular weight excluding hydrogens is 380 g/mol. The molecule has 0 amide bonds. The summed E-state index contributed by atoms with van der Waals surface area (Å²) in [7, 11) is 0. The SMILES string of the molecule is CC1(C)CCC(C)(C)c2sc(N(CC3CC3)c3ccc(CCC(=O)O)cc3)nc21. The van der Waals surface area contributed by atoms with E-state index in [0.717, 1.165) is 28.8 Å². The Kier molecular flexibility index (Phi) is 5.22. The summed E-state index contributed by atoms with van der Waals surface area (Å²) in [6, 6.07) is 8.41. The normalized spacial score (nSPS) is 19.6. The van der Waals surface area contributed by atoms with Crippen LogP contribution < -0.4 is 4.90 Å². The molecule has 2 aliphatic carbocycles. The predicted molar refractivity (Wildman–Crippen MR) is 120 cm³/mol. The molecule has 1 N–H and O–H groups in total. The summed E-state index contributed by atoms with van der Waals surface area (Å²) in [5, 5.41) is 10.0. The third-order valence-corrected chi connectivity index (χ3v) is 7.94. The minimum atomic E-state index is -0.747. The molecule has 156 valence electrons. The van der Waals surface area contributed by atoms with Gasteiger partial charge in [0.2, 0.25) is 0 Å². The van der Waals surface area contributed by atoms with Crippen LogP contribution in [0.5, 0.6) is 0 Å². The first kappa shape index (κ1) is 20.4. The van der Waals surface area contributed by atoms with Gasteiger partial charge in [0.25, 0.3) is 0 Å². The molecule has 0 aliphatic heterocycles. The van der Waals surface area contributed by atoms with Crippen LogP contribution in [-0.4, -0.2) is 22.6 Å². The second-order valence-electron chi connectivity index (χ2n) is 10.1. The van der Waals surface area contributed by atoms with Gasteiger partial charge in [-0.25, -0.2) is 4.98 Å². The number of fused-ring (bicyclic) bond motifs is 1.